The maximum Gasteiger partial charge on any atom is 0.260 e. The molecule has 0 N–H and O–H groups in total. The van der Waals surface area contributed by atoms with Crippen LogP contribution in [-0.2, 0) is 11.3 Å². The van der Waals surface area contributed by atoms with Gasteiger partial charge in [-0.05, 0) is 36.2 Å². The number of carbonyl (C=O) groups is 2. The summed E-state index contributed by atoms with van der Waals surface area (Å²) in [5.41, 5.74) is 1.77. The van der Waals surface area contributed by atoms with Gasteiger partial charge in [0, 0.05) is 25.1 Å². The number of rotatable bonds is 9. The number of hydrogen-bond acceptors (Lipinski definition) is 3. The highest BCUT2D eigenvalue weighted by Crippen LogP contribution is 2.14. The van der Waals surface area contributed by atoms with Crippen molar-refractivity contribution < 1.29 is 14.3 Å². The van der Waals surface area contributed by atoms with Crippen LogP contribution >= 0.6 is 0 Å². The molecule has 0 heterocycles. The number of carbonyl (C=O) groups excluding carboxylic acids is 2. The van der Waals surface area contributed by atoms with Gasteiger partial charge in [-0.3, -0.25) is 9.59 Å². The fourth-order valence-electron chi connectivity index (χ4n) is 2.54. The Morgan fingerprint density at radius 3 is 2.24 bits per heavy atom. The van der Waals surface area contributed by atoms with Gasteiger partial charge in [0.25, 0.3) is 5.91 Å². The van der Waals surface area contributed by atoms with Gasteiger partial charge in [-0.2, -0.15) is 0 Å². The summed E-state index contributed by atoms with van der Waals surface area (Å²) in [5.74, 6) is 0.649. The van der Waals surface area contributed by atoms with Crippen LogP contribution in [-0.4, -0.2) is 29.7 Å². The number of hydrogen-bond donors (Lipinski definition) is 0. The highest BCUT2D eigenvalue weighted by molar-refractivity contribution is 5.95. The average molecular weight is 339 g/mol. The molecule has 0 bridgehead atoms. The lowest BCUT2D eigenvalue weighted by Gasteiger charge is -2.22. The first-order chi connectivity index (χ1) is 12.1. The predicted octanol–water partition coefficient (Wildman–Crippen LogP) is 4.10. The van der Waals surface area contributed by atoms with Gasteiger partial charge in [0.05, 0.1) is 0 Å². The Morgan fingerprint density at radius 2 is 1.64 bits per heavy atom. The topological polar surface area (TPSA) is 46.6 Å². The van der Waals surface area contributed by atoms with Gasteiger partial charge in [0.1, 0.15) is 5.75 Å². The molecule has 0 aromatic heterocycles. The molecule has 4 heteroatoms. The monoisotopic (exact) mass is 339 g/mol. The van der Waals surface area contributed by atoms with Crippen molar-refractivity contribution in [3.05, 3.63) is 65.7 Å². The zero-order valence-corrected chi connectivity index (χ0v) is 14.9. The van der Waals surface area contributed by atoms with Gasteiger partial charge in [0.15, 0.2) is 12.4 Å². The van der Waals surface area contributed by atoms with Crippen LogP contribution in [0.25, 0.3) is 0 Å². The van der Waals surface area contributed by atoms with Crippen molar-refractivity contribution >= 4 is 11.7 Å². The van der Waals surface area contributed by atoms with Crippen LogP contribution < -0.4 is 4.74 Å². The maximum atomic E-state index is 12.5. The summed E-state index contributed by atoms with van der Waals surface area (Å²) in [5, 5.41) is 0. The molecular weight excluding hydrogens is 314 g/mol. The second kappa shape index (κ2) is 9.62. The molecule has 2 rings (SSSR count). The van der Waals surface area contributed by atoms with Crippen LogP contribution in [0.5, 0.6) is 5.75 Å². The Labute approximate surface area is 149 Å². The van der Waals surface area contributed by atoms with Gasteiger partial charge in [-0.15, -0.1) is 0 Å². The van der Waals surface area contributed by atoms with E-state index in [1.165, 1.54) is 0 Å². The van der Waals surface area contributed by atoms with Crippen molar-refractivity contribution in [3.63, 3.8) is 0 Å². The number of nitrogens with zero attached hydrogens (tertiary/aromatic N) is 1. The van der Waals surface area contributed by atoms with Crippen molar-refractivity contribution in [3.8, 4) is 5.75 Å². The largest absolute Gasteiger partial charge is 0.484 e. The van der Waals surface area contributed by atoms with Crippen molar-refractivity contribution in [2.45, 2.75) is 33.2 Å². The Hall–Kier alpha value is -2.62. The molecule has 2 aromatic rings. The van der Waals surface area contributed by atoms with E-state index in [2.05, 4.69) is 6.92 Å². The number of benzene rings is 2. The van der Waals surface area contributed by atoms with Crippen molar-refractivity contribution in [2.24, 2.45) is 0 Å². The summed E-state index contributed by atoms with van der Waals surface area (Å²) in [6.45, 7) is 5.16. The van der Waals surface area contributed by atoms with Gasteiger partial charge in [-0.1, -0.05) is 44.2 Å². The van der Waals surface area contributed by atoms with E-state index in [4.69, 9.17) is 4.74 Å². The second-order valence-electron chi connectivity index (χ2n) is 5.89. The van der Waals surface area contributed by atoms with Crippen LogP contribution in [0.2, 0.25) is 0 Å². The number of ketones is 1. The fraction of sp³-hybridized carbons (Fsp3) is 0.333. The lowest BCUT2D eigenvalue weighted by atomic mass is 10.1. The van der Waals surface area contributed by atoms with Crippen LogP contribution in [0.1, 0.15) is 42.6 Å². The minimum atomic E-state index is -0.0422. The molecule has 132 valence electrons. The smallest absolute Gasteiger partial charge is 0.260 e. The molecule has 0 fully saturated rings. The van der Waals surface area contributed by atoms with Crippen molar-refractivity contribution in [2.75, 3.05) is 13.2 Å². The van der Waals surface area contributed by atoms with E-state index in [0.29, 0.717) is 30.8 Å². The molecule has 0 saturated heterocycles. The highest BCUT2D eigenvalue weighted by atomic mass is 16.5. The summed E-state index contributed by atoms with van der Waals surface area (Å²) in [6, 6.07) is 16.9. The summed E-state index contributed by atoms with van der Waals surface area (Å²) in [7, 11) is 0. The van der Waals surface area contributed by atoms with E-state index < -0.39 is 0 Å². The van der Waals surface area contributed by atoms with E-state index in [9.17, 15) is 9.59 Å². The van der Waals surface area contributed by atoms with Crippen molar-refractivity contribution in [1.29, 1.82) is 0 Å². The molecule has 4 nitrogen and oxygen atoms in total. The summed E-state index contributed by atoms with van der Waals surface area (Å²) < 4.78 is 5.60. The third kappa shape index (κ3) is 5.75. The van der Waals surface area contributed by atoms with Gasteiger partial charge in [-0.25, -0.2) is 0 Å². The molecule has 0 aliphatic heterocycles. The van der Waals surface area contributed by atoms with Crippen molar-refractivity contribution in [1.82, 2.24) is 4.90 Å². The summed E-state index contributed by atoms with van der Waals surface area (Å²) in [4.78, 5) is 25.9. The summed E-state index contributed by atoms with van der Waals surface area (Å²) in [6.07, 6.45) is 1.37. The first-order valence-electron chi connectivity index (χ1n) is 8.71. The first-order valence-corrected chi connectivity index (χ1v) is 8.71. The number of Topliss-reactive ketones (excluding diaryl/α,β-unsaturated/α-hetero) is 1. The minimum absolute atomic E-state index is 0.00605. The molecular formula is C21H25NO3. The Kier molecular flexibility index (Phi) is 7.20. The van der Waals surface area contributed by atoms with Gasteiger partial charge >= 0.3 is 0 Å². The van der Waals surface area contributed by atoms with E-state index in [1.807, 2.05) is 42.2 Å². The van der Waals surface area contributed by atoms with Crippen LogP contribution in [0, 0.1) is 0 Å². The second-order valence-corrected chi connectivity index (χ2v) is 5.89. The summed E-state index contributed by atoms with van der Waals surface area (Å²) >= 11 is 0. The molecule has 0 spiro atoms. The lowest BCUT2D eigenvalue weighted by Crippen LogP contribution is -2.35. The number of amides is 1. The molecule has 0 unspecified atom stereocenters. The minimum Gasteiger partial charge on any atom is -0.484 e. The van der Waals surface area contributed by atoms with Crippen LogP contribution in [0.15, 0.2) is 54.6 Å². The molecule has 0 aliphatic carbocycles. The van der Waals surface area contributed by atoms with E-state index >= 15 is 0 Å². The Morgan fingerprint density at radius 1 is 0.960 bits per heavy atom. The normalized spacial score (nSPS) is 10.3. The predicted molar refractivity (Wildman–Crippen MR) is 98.7 cm³/mol. The molecule has 25 heavy (non-hydrogen) atoms. The molecule has 0 radical (unpaired) electrons. The third-order valence-corrected chi connectivity index (χ3v) is 3.92. The Bertz CT molecular complexity index is 680. The highest BCUT2D eigenvalue weighted by Gasteiger charge is 2.14. The zero-order valence-electron chi connectivity index (χ0n) is 14.9. The standard InChI is InChI=1S/C21H25NO3/c1-3-14-22(15-17-8-6-5-7-9-17)21(24)16-25-19-12-10-18(11-13-19)20(23)4-2/h5-13H,3-4,14-16H2,1-2H3. The maximum absolute atomic E-state index is 12.5. The third-order valence-electron chi connectivity index (χ3n) is 3.92. The molecule has 1 amide bonds. The Balaban J connectivity index is 1.93. The number of ether oxygens (including phenoxy) is 1. The van der Waals surface area contributed by atoms with Gasteiger partial charge in [0.2, 0.25) is 0 Å². The van der Waals surface area contributed by atoms with Crippen LogP contribution in [0.3, 0.4) is 0 Å². The molecule has 0 saturated carbocycles. The lowest BCUT2D eigenvalue weighted by molar-refractivity contribution is -0.134. The first kappa shape index (κ1) is 18.7. The molecule has 2 aromatic carbocycles. The van der Waals surface area contributed by atoms with E-state index in [0.717, 1.165) is 12.0 Å². The quantitative estimate of drug-likeness (QED) is 0.646. The van der Waals surface area contributed by atoms with E-state index in [-0.39, 0.29) is 18.3 Å². The molecule has 0 aliphatic rings. The zero-order chi connectivity index (χ0) is 18.1. The molecule has 0 atom stereocenters. The van der Waals surface area contributed by atoms with E-state index in [1.54, 1.807) is 24.3 Å². The van der Waals surface area contributed by atoms with Crippen LogP contribution in [0.4, 0.5) is 0 Å². The fourth-order valence-corrected chi connectivity index (χ4v) is 2.54. The van der Waals surface area contributed by atoms with Gasteiger partial charge < -0.3 is 9.64 Å². The average Bonchev–Trinajstić information content (AvgIpc) is 2.66. The SMILES string of the molecule is CCCN(Cc1ccccc1)C(=O)COc1ccc(C(=O)CC)cc1.